The van der Waals surface area contributed by atoms with E-state index in [0.29, 0.717) is 36.6 Å². The number of nitrogens with one attached hydrogen (secondary N) is 2. The maximum Gasteiger partial charge on any atom is 0.255 e. The van der Waals surface area contributed by atoms with E-state index in [0.717, 1.165) is 18.6 Å². The molecule has 0 bridgehead atoms. The van der Waals surface area contributed by atoms with Crippen LogP contribution in [-0.4, -0.2) is 42.3 Å². The van der Waals surface area contributed by atoms with Gasteiger partial charge in [0.2, 0.25) is 11.8 Å². The number of hydrogen-bond acceptors (Lipinski definition) is 4. The van der Waals surface area contributed by atoms with Crippen LogP contribution >= 0.6 is 0 Å². The Labute approximate surface area is 182 Å². The minimum atomic E-state index is -0.341. The number of nitrogens with zero attached hydrogens (tertiary/aromatic N) is 1. The van der Waals surface area contributed by atoms with Gasteiger partial charge >= 0.3 is 0 Å². The van der Waals surface area contributed by atoms with Gasteiger partial charge in [-0.1, -0.05) is 13.3 Å². The molecule has 1 unspecified atom stereocenters. The molecule has 1 aliphatic heterocycles. The molecule has 1 aliphatic rings. The van der Waals surface area contributed by atoms with E-state index >= 15 is 0 Å². The highest BCUT2D eigenvalue weighted by molar-refractivity contribution is 6.05. The van der Waals surface area contributed by atoms with Crippen LogP contribution in [0.15, 0.2) is 48.5 Å². The highest BCUT2D eigenvalue weighted by Crippen LogP contribution is 2.21. The SMILES string of the molecule is CCCCN1CC(C(=O)Nc2ccc(C(=O)Nc3ccc(OCC)cc3)cc2)CC1=O. The summed E-state index contributed by atoms with van der Waals surface area (Å²) in [4.78, 5) is 38.8. The number of benzene rings is 2. The van der Waals surface area contributed by atoms with Gasteiger partial charge in [0.1, 0.15) is 5.75 Å². The van der Waals surface area contributed by atoms with Crippen molar-refractivity contribution in [1.29, 1.82) is 0 Å². The van der Waals surface area contributed by atoms with Gasteiger partial charge in [0.15, 0.2) is 0 Å². The van der Waals surface area contributed by atoms with Gasteiger partial charge in [-0.25, -0.2) is 0 Å². The fourth-order valence-corrected chi connectivity index (χ4v) is 3.47. The minimum Gasteiger partial charge on any atom is -0.494 e. The van der Waals surface area contributed by atoms with Crippen molar-refractivity contribution in [3.8, 4) is 5.75 Å². The number of ether oxygens (including phenoxy) is 1. The van der Waals surface area contributed by atoms with Gasteiger partial charge in [0, 0.05) is 36.4 Å². The molecule has 0 spiro atoms. The Morgan fingerprint density at radius 2 is 1.65 bits per heavy atom. The van der Waals surface area contributed by atoms with Crippen molar-refractivity contribution in [3.05, 3.63) is 54.1 Å². The molecule has 0 aliphatic carbocycles. The first-order valence-electron chi connectivity index (χ1n) is 10.7. The Bertz CT molecular complexity index is 909. The van der Waals surface area contributed by atoms with Crippen LogP contribution in [-0.2, 0) is 9.59 Å². The zero-order valence-electron chi connectivity index (χ0n) is 18.0. The van der Waals surface area contributed by atoms with Crippen molar-refractivity contribution in [3.63, 3.8) is 0 Å². The summed E-state index contributed by atoms with van der Waals surface area (Å²) in [5.74, 6) is 0.0360. The predicted molar refractivity (Wildman–Crippen MR) is 120 cm³/mol. The summed E-state index contributed by atoms with van der Waals surface area (Å²) in [6, 6.07) is 13.9. The fourth-order valence-electron chi connectivity index (χ4n) is 3.47. The van der Waals surface area contributed by atoms with E-state index in [1.807, 2.05) is 6.92 Å². The van der Waals surface area contributed by atoms with Crippen molar-refractivity contribution >= 4 is 29.1 Å². The summed E-state index contributed by atoms with van der Waals surface area (Å²) in [7, 11) is 0. The lowest BCUT2D eigenvalue weighted by Crippen LogP contribution is -2.29. The van der Waals surface area contributed by atoms with Crippen molar-refractivity contribution in [2.24, 2.45) is 5.92 Å². The number of likely N-dealkylation sites (tertiary alicyclic amines) is 1. The molecule has 7 heteroatoms. The van der Waals surface area contributed by atoms with Crippen LogP contribution < -0.4 is 15.4 Å². The molecule has 1 heterocycles. The molecule has 2 aromatic carbocycles. The van der Waals surface area contributed by atoms with Gasteiger partial charge in [0.05, 0.1) is 12.5 Å². The molecule has 0 radical (unpaired) electrons. The molecule has 3 amide bonds. The van der Waals surface area contributed by atoms with Crippen molar-refractivity contribution in [2.45, 2.75) is 33.1 Å². The van der Waals surface area contributed by atoms with E-state index in [4.69, 9.17) is 4.74 Å². The second-order valence-electron chi connectivity index (χ2n) is 7.57. The lowest BCUT2D eigenvalue weighted by molar-refractivity contribution is -0.128. The average Bonchev–Trinajstić information content (AvgIpc) is 3.15. The number of anilines is 2. The first kappa shape index (κ1) is 22.3. The minimum absolute atomic E-state index is 0.0370. The molecule has 3 rings (SSSR count). The molecule has 31 heavy (non-hydrogen) atoms. The molecular weight excluding hydrogens is 394 g/mol. The highest BCUT2D eigenvalue weighted by atomic mass is 16.5. The molecule has 1 saturated heterocycles. The van der Waals surface area contributed by atoms with E-state index in [1.54, 1.807) is 53.4 Å². The topological polar surface area (TPSA) is 87.7 Å². The fraction of sp³-hybridized carbons (Fsp3) is 0.375. The molecular formula is C24H29N3O4. The van der Waals surface area contributed by atoms with Crippen LogP contribution in [0.3, 0.4) is 0 Å². The van der Waals surface area contributed by atoms with E-state index < -0.39 is 0 Å². The molecule has 7 nitrogen and oxygen atoms in total. The third-order valence-corrected chi connectivity index (χ3v) is 5.20. The number of hydrogen-bond donors (Lipinski definition) is 2. The number of carbonyl (C=O) groups excluding carboxylic acids is 3. The third kappa shape index (κ3) is 6.07. The molecule has 0 aromatic heterocycles. The molecule has 164 valence electrons. The molecule has 0 saturated carbocycles. The molecule has 2 N–H and O–H groups in total. The molecule has 2 aromatic rings. The van der Waals surface area contributed by atoms with Crippen molar-refractivity contribution < 1.29 is 19.1 Å². The second kappa shape index (κ2) is 10.6. The smallest absolute Gasteiger partial charge is 0.255 e. The Morgan fingerprint density at radius 3 is 2.29 bits per heavy atom. The zero-order valence-corrected chi connectivity index (χ0v) is 18.0. The summed E-state index contributed by atoms with van der Waals surface area (Å²) < 4.78 is 5.39. The van der Waals surface area contributed by atoms with Gasteiger partial charge < -0.3 is 20.3 Å². The first-order chi connectivity index (χ1) is 15.0. The third-order valence-electron chi connectivity index (χ3n) is 5.20. The van der Waals surface area contributed by atoms with Gasteiger partial charge in [0.25, 0.3) is 5.91 Å². The number of unbranched alkanes of at least 4 members (excludes halogenated alkanes) is 1. The lowest BCUT2D eigenvalue weighted by Gasteiger charge is -2.16. The van der Waals surface area contributed by atoms with Gasteiger partial charge in [-0.3, -0.25) is 14.4 Å². The van der Waals surface area contributed by atoms with E-state index in [2.05, 4.69) is 17.6 Å². The normalized spacial score (nSPS) is 15.6. The zero-order chi connectivity index (χ0) is 22.2. The monoisotopic (exact) mass is 423 g/mol. The predicted octanol–water partition coefficient (Wildman–Crippen LogP) is 3.92. The van der Waals surface area contributed by atoms with Crippen LogP contribution in [0.5, 0.6) is 5.75 Å². The van der Waals surface area contributed by atoms with Gasteiger partial charge in [-0.15, -0.1) is 0 Å². The Kier molecular flexibility index (Phi) is 7.65. The summed E-state index contributed by atoms with van der Waals surface area (Å²) in [5.41, 5.74) is 1.75. The summed E-state index contributed by atoms with van der Waals surface area (Å²) in [6.07, 6.45) is 2.21. The second-order valence-corrected chi connectivity index (χ2v) is 7.57. The van der Waals surface area contributed by atoms with Gasteiger partial charge in [-0.2, -0.15) is 0 Å². The number of amides is 3. The average molecular weight is 424 g/mol. The lowest BCUT2D eigenvalue weighted by atomic mass is 10.1. The Balaban J connectivity index is 1.53. The summed E-state index contributed by atoms with van der Waals surface area (Å²) in [6.45, 7) is 5.75. The summed E-state index contributed by atoms with van der Waals surface area (Å²) in [5, 5.41) is 5.69. The largest absolute Gasteiger partial charge is 0.494 e. The van der Waals surface area contributed by atoms with Crippen LogP contribution in [0.2, 0.25) is 0 Å². The van der Waals surface area contributed by atoms with E-state index in [-0.39, 0.29) is 30.1 Å². The summed E-state index contributed by atoms with van der Waals surface area (Å²) >= 11 is 0. The van der Waals surface area contributed by atoms with Crippen molar-refractivity contribution in [1.82, 2.24) is 4.90 Å². The first-order valence-corrected chi connectivity index (χ1v) is 10.7. The van der Waals surface area contributed by atoms with Gasteiger partial charge in [-0.05, 0) is 61.9 Å². The molecule has 1 fully saturated rings. The number of rotatable bonds is 9. The van der Waals surface area contributed by atoms with E-state index in [1.165, 1.54) is 0 Å². The maximum absolute atomic E-state index is 12.5. The number of carbonyl (C=O) groups is 3. The maximum atomic E-state index is 12.5. The van der Waals surface area contributed by atoms with E-state index in [9.17, 15) is 14.4 Å². The highest BCUT2D eigenvalue weighted by Gasteiger charge is 2.33. The molecule has 1 atom stereocenters. The van der Waals surface area contributed by atoms with Crippen LogP contribution in [0.1, 0.15) is 43.5 Å². The quantitative estimate of drug-likeness (QED) is 0.640. The van der Waals surface area contributed by atoms with Crippen LogP contribution in [0.4, 0.5) is 11.4 Å². The Morgan fingerprint density at radius 1 is 1.00 bits per heavy atom. The van der Waals surface area contributed by atoms with Crippen molar-refractivity contribution in [2.75, 3.05) is 30.3 Å². The van der Waals surface area contributed by atoms with Crippen LogP contribution in [0, 0.1) is 5.92 Å². The Hall–Kier alpha value is -3.35. The standard InChI is InChI=1S/C24H29N3O4/c1-3-5-14-27-16-18(15-22(27)28)24(30)26-19-8-6-17(7-9-19)23(29)25-20-10-12-21(13-11-20)31-4-2/h6-13,18H,3-5,14-16H2,1-2H3,(H,25,29)(H,26,30). The van der Waals surface area contributed by atoms with Crippen LogP contribution in [0.25, 0.3) is 0 Å².